The molecule has 0 radical (unpaired) electrons. The van der Waals surface area contributed by atoms with Gasteiger partial charge in [-0.25, -0.2) is 19.9 Å². The van der Waals surface area contributed by atoms with E-state index in [2.05, 4.69) is 472 Å². The maximum atomic E-state index is 5.30. The first kappa shape index (κ1) is 81.6. The topological polar surface area (TPSA) is 77.3 Å². The van der Waals surface area contributed by atoms with Gasteiger partial charge in [-0.05, 0) is 229 Å². The third kappa shape index (κ3) is 15.2. The monoisotopic (exact) mass is 1750 g/mol. The van der Waals surface area contributed by atoms with E-state index in [0.717, 1.165) is 89.4 Å². The van der Waals surface area contributed by atoms with Crippen LogP contribution < -0.4 is 0 Å². The van der Waals surface area contributed by atoms with Crippen LogP contribution in [-0.2, 0) is 0 Å². The van der Waals surface area contributed by atoms with Crippen molar-refractivity contribution in [1.29, 1.82) is 0 Å². The summed E-state index contributed by atoms with van der Waals surface area (Å²) < 4.78 is 0. The van der Waals surface area contributed by atoms with E-state index in [1.807, 2.05) is 42.7 Å². The van der Waals surface area contributed by atoms with Crippen molar-refractivity contribution >= 4 is 129 Å². The summed E-state index contributed by atoms with van der Waals surface area (Å²) in [6.07, 6.45) is 3.77. The van der Waals surface area contributed by atoms with Gasteiger partial charge in [-0.15, -0.1) is 0 Å². The molecule has 6 nitrogen and oxygen atoms in total. The molecule has 4 heterocycles. The van der Waals surface area contributed by atoms with Crippen molar-refractivity contribution in [1.82, 2.24) is 29.9 Å². The fraction of sp³-hybridized carbons (Fsp3) is 0. The standard InChI is InChI=1S/C53H33N3.C43H27N3.C36H24/c1-4-14-42-38(11-1)30-48(46-18-8-6-16-44(42)46)35-23-25-36(26-24-35)51-32-52(49-31-39-12-2-5-15-43(39)45-17-7-9-19-47(45)49)56-53(55-51)37-27-21-34(22-28-37)41-29-40-13-3-10-20-50(40)54-33-41;1-3-13-32-30(11-1)25-38(36-17-7-5-15-34(32)36)41-27-42(39-26-31-12-2-4-14-33(31)35-16-6-8-18-37(35)39)46-43(45-41)29-22-20-28(21-23-29)40-19-9-10-24-44-40;1-2-12-27(13-3-1)35-31-16-6-8-18-33(31)36(34-19-9-7-17-32(34)35)28-23-21-26(22-24-28)30-20-10-14-25-11-4-5-15-29(25)30/h1-33H;1-27H;1-24H. The molecular weight excluding hydrogens is 1670 g/mol. The second kappa shape index (κ2) is 35.3. The largest absolute Gasteiger partial charge is 0.256 e. The average molecular weight is 1750 g/mol. The highest BCUT2D eigenvalue weighted by molar-refractivity contribution is 6.23. The molecule has 0 aliphatic carbocycles. The van der Waals surface area contributed by atoms with E-state index in [1.165, 1.54) is 163 Å². The Hall–Kier alpha value is -18.4. The summed E-state index contributed by atoms with van der Waals surface area (Å²) in [6, 6.07) is 177. The number of fused-ring (bicyclic) bond motifs is 16. The third-order valence-corrected chi connectivity index (χ3v) is 27.3. The Morgan fingerprint density at radius 2 is 0.435 bits per heavy atom. The highest BCUT2D eigenvalue weighted by Crippen LogP contribution is 2.47. The number of para-hydroxylation sites is 1. The Balaban J connectivity index is 0.000000112. The molecule has 0 aliphatic heterocycles. The molecule has 642 valence electrons. The molecule has 0 amide bonds. The van der Waals surface area contributed by atoms with E-state index >= 15 is 0 Å². The molecule has 27 aromatic rings. The lowest BCUT2D eigenvalue weighted by molar-refractivity contribution is 1.19. The summed E-state index contributed by atoms with van der Waals surface area (Å²) in [6.45, 7) is 0. The summed E-state index contributed by atoms with van der Waals surface area (Å²) in [5.74, 6) is 1.37. The lowest BCUT2D eigenvalue weighted by Crippen LogP contribution is -1.97. The van der Waals surface area contributed by atoms with Gasteiger partial charge in [0.05, 0.1) is 34.0 Å². The highest BCUT2D eigenvalue weighted by atomic mass is 14.9. The van der Waals surface area contributed by atoms with Crippen molar-refractivity contribution in [3.05, 3.63) is 510 Å². The molecule has 0 fully saturated rings. The normalized spacial score (nSPS) is 11.5. The van der Waals surface area contributed by atoms with Gasteiger partial charge in [0.25, 0.3) is 0 Å². The molecule has 0 saturated carbocycles. The van der Waals surface area contributed by atoms with E-state index < -0.39 is 0 Å². The predicted octanol–water partition coefficient (Wildman–Crippen LogP) is 35.3. The number of aromatic nitrogens is 6. The Bertz CT molecular complexity index is 9230. The van der Waals surface area contributed by atoms with Crippen LogP contribution in [0.2, 0.25) is 0 Å². The predicted molar refractivity (Wildman–Crippen MR) is 581 cm³/mol. The quantitative estimate of drug-likeness (QED) is 0.0896. The summed E-state index contributed by atoms with van der Waals surface area (Å²) in [5.41, 5.74) is 24.9. The van der Waals surface area contributed by atoms with Gasteiger partial charge in [-0.3, -0.25) is 9.97 Å². The Morgan fingerprint density at radius 1 is 0.130 bits per heavy atom. The zero-order valence-electron chi connectivity index (χ0n) is 75.2. The second-order valence-corrected chi connectivity index (χ2v) is 35.4. The van der Waals surface area contributed by atoms with Gasteiger partial charge in [0, 0.05) is 62.3 Å². The van der Waals surface area contributed by atoms with E-state index in [1.54, 1.807) is 0 Å². The number of hydrogen-bond donors (Lipinski definition) is 0. The molecule has 0 spiro atoms. The molecule has 0 atom stereocenters. The van der Waals surface area contributed by atoms with Gasteiger partial charge >= 0.3 is 0 Å². The minimum Gasteiger partial charge on any atom is -0.256 e. The Labute approximate surface area is 798 Å². The van der Waals surface area contributed by atoms with Gasteiger partial charge in [0.15, 0.2) is 11.6 Å². The summed E-state index contributed by atoms with van der Waals surface area (Å²) >= 11 is 0. The van der Waals surface area contributed by atoms with Crippen LogP contribution in [0.15, 0.2) is 510 Å². The van der Waals surface area contributed by atoms with Crippen molar-refractivity contribution in [2.75, 3.05) is 0 Å². The molecule has 0 N–H and O–H groups in total. The van der Waals surface area contributed by atoms with Gasteiger partial charge in [-0.1, -0.05) is 437 Å². The number of benzene rings is 23. The van der Waals surface area contributed by atoms with Crippen molar-refractivity contribution in [3.63, 3.8) is 0 Å². The molecule has 0 saturated heterocycles. The molecule has 138 heavy (non-hydrogen) atoms. The fourth-order valence-corrected chi connectivity index (χ4v) is 20.6. The molecule has 4 aromatic heterocycles. The minimum atomic E-state index is 0.683. The number of hydrogen-bond acceptors (Lipinski definition) is 6. The molecule has 0 aliphatic rings. The van der Waals surface area contributed by atoms with E-state index in [-0.39, 0.29) is 0 Å². The van der Waals surface area contributed by atoms with Gasteiger partial charge in [-0.2, -0.15) is 0 Å². The molecule has 6 heteroatoms. The van der Waals surface area contributed by atoms with Crippen LogP contribution in [0.4, 0.5) is 0 Å². The van der Waals surface area contributed by atoms with Crippen molar-refractivity contribution < 1.29 is 0 Å². The molecule has 27 rings (SSSR count). The van der Waals surface area contributed by atoms with Gasteiger partial charge < -0.3 is 0 Å². The van der Waals surface area contributed by atoms with Crippen LogP contribution in [0.5, 0.6) is 0 Å². The smallest absolute Gasteiger partial charge is 0.160 e. The Kier molecular flexibility index (Phi) is 20.9. The molecule has 0 bridgehead atoms. The van der Waals surface area contributed by atoms with Crippen LogP contribution in [0.3, 0.4) is 0 Å². The zero-order chi connectivity index (χ0) is 91.4. The average Bonchev–Trinajstić information content (AvgIpc) is 0.740. The van der Waals surface area contributed by atoms with Crippen molar-refractivity contribution in [3.8, 4) is 135 Å². The minimum absolute atomic E-state index is 0.683. The summed E-state index contributed by atoms with van der Waals surface area (Å²) in [4.78, 5) is 30.3. The van der Waals surface area contributed by atoms with Gasteiger partial charge in [0.2, 0.25) is 0 Å². The fourth-order valence-electron chi connectivity index (χ4n) is 20.6. The molecular formula is C132H84N6. The number of rotatable bonds is 12. The zero-order valence-corrected chi connectivity index (χ0v) is 75.2. The van der Waals surface area contributed by atoms with Crippen LogP contribution in [0.25, 0.3) is 264 Å². The van der Waals surface area contributed by atoms with Crippen LogP contribution in [-0.4, -0.2) is 29.9 Å². The van der Waals surface area contributed by atoms with Crippen LogP contribution in [0.1, 0.15) is 0 Å². The summed E-state index contributed by atoms with van der Waals surface area (Å²) in [5, 5.41) is 28.3. The summed E-state index contributed by atoms with van der Waals surface area (Å²) in [7, 11) is 0. The Morgan fingerprint density at radius 3 is 0.884 bits per heavy atom. The van der Waals surface area contributed by atoms with Crippen LogP contribution >= 0.6 is 0 Å². The highest BCUT2D eigenvalue weighted by Gasteiger charge is 2.23. The molecule has 0 unspecified atom stereocenters. The number of nitrogens with zero attached hydrogens (tertiary/aromatic N) is 6. The van der Waals surface area contributed by atoms with Crippen LogP contribution in [0, 0.1) is 0 Å². The lowest BCUT2D eigenvalue weighted by atomic mass is 9.85. The SMILES string of the molecule is c1ccc(-c2c3ccccc3c(-c3ccc(-c4cccc5ccccc45)cc3)c3ccccc23)cc1.c1ccc(-c2ccc(-c3nc(-c4cc5ccccc5c5ccccc45)cc(-c4cc5ccccc5c5ccccc45)n3)cc2)nc1.c1ccc2ncc(-c3ccc(-c4nc(-c5ccc(-c6cc7ccccc7c7ccccc67)cc5)cc(-c5cc6ccccc6c6ccccc56)n4)cc3)cc2c1. The first-order chi connectivity index (χ1) is 68.4. The van der Waals surface area contributed by atoms with E-state index in [4.69, 9.17) is 24.9 Å². The van der Waals surface area contributed by atoms with Crippen molar-refractivity contribution in [2.24, 2.45) is 0 Å². The van der Waals surface area contributed by atoms with Crippen molar-refractivity contribution in [2.45, 2.75) is 0 Å². The second-order valence-electron chi connectivity index (χ2n) is 35.4. The van der Waals surface area contributed by atoms with E-state index in [0.29, 0.717) is 11.6 Å². The third-order valence-electron chi connectivity index (χ3n) is 27.3. The first-order valence-electron chi connectivity index (χ1n) is 47.0. The lowest BCUT2D eigenvalue weighted by Gasteiger charge is -2.18. The van der Waals surface area contributed by atoms with E-state index in [9.17, 15) is 0 Å². The maximum Gasteiger partial charge on any atom is 0.160 e. The maximum absolute atomic E-state index is 5.30. The first-order valence-corrected chi connectivity index (χ1v) is 47.0. The number of pyridine rings is 2. The molecule has 23 aromatic carbocycles. The van der Waals surface area contributed by atoms with Gasteiger partial charge in [0.1, 0.15) is 0 Å².